The Morgan fingerprint density at radius 2 is 1.73 bits per heavy atom. The zero-order valence-electron chi connectivity index (χ0n) is 29.3. The monoisotopic (exact) mass is 631 g/mol. The third kappa shape index (κ3) is 11.2. The summed E-state index contributed by atoms with van der Waals surface area (Å²) in [6.45, 7) is 16.4. The van der Waals surface area contributed by atoms with Crippen LogP contribution in [0.5, 0.6) is 0 Å². The lowest BCUT2D eigenvalue weighted by atomic mass is 9.73. The van der Waals surface area contributed by atoms with Crippen LogP contribution in [0.1, 0.15) is 112 Å². The molecule has 2 rings (SSSR count). The third-order valence-corrected chi connectivity index (χ3v) is 9.92. The molecule has 1 aliphatic carbocycles. The second-order valence-corrected chi connectivity index (χ2v) is 13.7. The molecule has 256 valence electrons. The van der Waals surface area contributed by atoms with E-state index < -0.39 is 29.6 Å². The fraction of sp³-hybridized carbons (Fsp3) is 0.784. The van der Waals surface area contributed by atoms with Crippen molar-refractivity contribution >= 4 is 23.4 Å². The van der Waals surface area contributed by atoms with Crippen molar-refractivity contribution in [2.24, 2.45) is 29.6 Å². The fourth-order valence-corrected chi connectivity index (χ4v) is 7.38. The van der Waals surface area contributed by atoms with Crippen LogP contribution in [0.4, 0.5) is 0 Å². The van der Waals surface area contributed by atoms with Crippen molar-refractivity contribution in [1.82, 2.24) is 4.90 Å². The fourth-order valence-electron chi connectivity index (χ4n) is 7.38. The van der Waals surface area contributed by atoms with Gasteiger partial charge < -0.3 is 19.1 Å². The van der Waals surface area contributed by atoms with E-state index in [0.717, 1.165) is 25.7 Å². The molecule has 0 bridgehead atoms. The van der Waals surface area contributed by atoms with Gasteiger partial charge in [-0.1, -0.05) is 52.3 Å². The van der Waals surface area contributed by atoms with Crippen molar-refractivity contribution in [3.05, 3.63) is 24.3 Å². The van der Waals surface area contributed by atoms with E-state index in [1.165, 1.54) is 10.5 Å². The minimum absolute atomic E-state index is 0.0455. The van der Waals surface area contributed by atoms with Crippen LogP contribution in [-0.2, 0) is 33.4 Å². The van der Waals surface area contributed by atoms with Crippen LogP contribution < -0.4 is 0 Å². The van der Waals surface area contributed by atoms with Crippen molar-refractivity contribution in [3.8, 4) is 0 Å². The van der Waals surface area contributed by atoms with E-state index >= 15 is 0 Å². The van der Waals surface area contributed by atoms with E-state index in [0.29, 0.717) is 51.5 Å². The quantitative estimate of drug-likeness (QED) is 0.0922. The van der Waals surface area contributed by atoms with Crippen LogP contribution in [-0.4, -0.2) is 73.5 Å². The number of methoxy groups -OCH3 is 2. The van der Waals surface area contributed by atoms with Gasteiger partial charge in [-0.25, -0.2) is 4.79 Å². The normalized spacial score (nSPS) is 25.3. The van der Waals surface area contributed by atoms with Crippen molar-refractivity contribution < 1.29 is 33.4 Å². The number of rotatable bonds is 18. The molecule has 1 saturated heterocycles. The van der Waals surface area contributed by atoms with E-state index in [1.54, 1.807) is 20.3 Å². The first-order chi connectivity index (χ1) is 21.4. The largest absolute Gasteiger partial charge is 0.461 e. The first-order valence-corrected chi connectivity index (χ1v) is 17.3. The average molecular weight is 632 g/mol. The molecule has 45 heavy (non-hydrogen) atoms. The Morgan fingerprint density at radius 1 is 1.02 bits per heavy atom. The number of ether oxygens (including phenoxy) is 3. The minimum atomic E-state index is -0.711. The molecule has 0 aromatic heterocycles. The first-order valence-electron chi connectivity index (χ1n) is 17.3. The molecule has 1 amide bonds. The maximum absolute atomic E-state index is 13.7. The Balaban J connectivity index is 2.13. The summed E-state index contributed by atoms with van der Waals surface area (Å²) >= 11 is 0. The predicted octanol–water partition coefficient (Wildman–Crippen LogP) is 6.89. The topological polar surface area (TPSA) is 99.2 Å². The molecule has 2 fully saturated rings. The lowest BCUT2D eigenvalue weighted by Crippen LogP contribution is -2.53. The summed E-state index contributed by atoms with van der Waals surface area (Å²) in [6, 6.07) is -0.711. The van der Waals surface area contributed by atoms with Crippen molar-refractivity contribution in [3.63, 3.8) is 0 Å². The van der Waals surface area contributed by atoms with Gasteiger partial charge in [-0.2, -0.15) is 0 Å². The zero-order chi connectivity index (χ0) is 33.7. The highest BCUT2D eigenvalue weighted by atomic mass is 16.5. The van der Waals surface area contributed by atoms with Crippen LogP contribution in [0.25, 0.3) is 0 Å². The molecule has 0 radical (unpaired) electrons. The number of hydrogen-bond acceptors (Lipinski definition) is 7. The van der Waals surface area contributed by atoms with Crippen molar-refractivity contribution in [2.45, 2.75) is 137 Å². The summed E-state index contributed by atoms with van der Waals surface area (Å²) in [4.78, 5) is 54.5. The van der Waals surface area contributed by atoms with E-state index in [1.807, 2.05) is 27.7 Å². The molecule has 0 N–H and O–H groups in total. The molecule has 0 aromatic rings. The van der Waals surface area contributed by atoms with Gasteiger partial charge in [0.05, 0.1) is 12.2 Å². The van der Waals surface area contributed by atoms with Gasteiger partial charge in [-0.3, -0.25) is 14.4 Å². The summed E-state index contributed by atoms with van der Waals surface area (Å²) in [5.74, 6) is -1.32. The number of esters is 1. The van der Waals surface area contributed by atoms with Crippen molar-refractivity contribution in [1.29, 1.82) is 0 Å². The number of nitrogens with zero attached hydrogens (tertiary/aromatic N) is 1. The molecule has 0 spiro atoms. The molecule has 0 aromatic carbocycles. The molecular weight excluding hydrogens is 570 g/mol. The summed E-state index contributed by atoms with van der Waals surface area (Å²) in [7, 11) is 3.40. The lowest BCUT2D eigenvalue weighted by Gasteiger charge is -2.40. The van der Waals surface area contributed by atoms with Gasteiger partial charge in [0, 0.05) is 44.9 Å². The van der Waals surface area contributed by atoms with Gasteiger partial charge in [0.25, 0.3) is 5.91 Å². The molecular formula is C37H61NO7. The number of carbonyl (C=O) groups excluding carboxylic acids is 4. The van der Waals surface area contributed by atoms with Crippen LogP contribution in [0.2, 0.25) is 0 Å². The highest BCUT2D eigenvalue weighted by molar-refractivity contribution is 6.37. The number of carbonyl (C=O) groups is 4. The Hall–Kier alpha value is -2.32. The number of Topliss-reactive ketones (excluding diaryl/α,β-unsaturated/α-hetero) is 2. The van der Waals surface area contributed by atoms with Gasteiger partial charge in [0.15, 0.2) is 0 Å². The molecule has 8 nitrogen and oxygen atoms in total. The number of hydrogen-bond donors (Lipinski definition) is 0. The summed E-state index contributed by atoms with van der Waals surface area (Å²) in [6.07, 6.45) is 10.7. The van der Waals surface area contributed by atoms with Gasteiger partial charge in [-0.15, -0.1) is 6.58 Å². The summed E-state index contributed by atoms with van der Waals surface area (Å²) < 4.78 is 17.7. The van der Waals surface area contributed by atoms with Gasteiger partial charge in [-0.05, 0) is 83.0 Å². The highest BCUT2D eigenvalue weighted by Crippen LogP contribution is 2.38. The number of allylic oxidation sites excluding steroid dienone is 3. The van der Waals surface area contributed by atoms with E-state index in [9.17, 15) is 19.2 Å². The van der Waals surface area contributed by atoms with E-state index in [2.05, 4.69) is 26.5 Å². The SMILES string of the molecule is C=CC[C@H](/C=C(\C)C[C@H](C)C[C@H](OC)C1CC(C(=O)C(=O)N2CCCCC2C(=O)O[C@H](CC)C(C)C)CC[C@@H]1OC)C(=O)CC. The number of likely N-dealkylation sites (tertiary alicyclic amines) is 1. The standard InChI is InChI=1S/C37H61NO7/c1-10-15-27(31(39)11-2)21-25(6)20-26(7)22-34(44-9)29-23-28(17-18-33(29)43-8)35(40)36(41)38-19-14-13-16-30(38)37(42)45-32(12-3)24(4)5/h10,21,24,26-30,32-34H,1,11-20,22-23H2,2-9H3/b25-21+/t26-,27+,28?,29?,30?,32+,33-,34-/m0/s1. The van der Waals surface area contributed by atoms with Crippen LogP contribution in [0, 0.1) is 29.6 Å². The van der Waals surface area contributed by atoms with Crippen LogP contribution in [0.15, 0.2) is 24.3 Å². The van der Waals surface area contributed by atoms with Gasteiger partial charge in [0.2, 0.25) is 5.78 Å². The Bertz CT molecular complexity index is 1020. The Labute approximate surface area is 272 Å². The number of ketones is 2. The summed E-state index contributed by atoms with van der Waals surface area (Å²) in [5.41, 5.74) is 1.17. The van der Waals surface area contributed by atoms with Crippen molar-refractivity contribution in [2.75, 3.05) is 20.8 Å². The third-order valence-electron chi connectivity index (χ3n) is 9.92. The Morgan fingerprint density at radius 3 is 2.31 bits per heavy atom. The average Bonchev–Trinajstić information content (AvgIpc) is 3.04. The maximum Gasteiger partial charge on any atom is 0.329 e. The van der Waals surface area contributed by atoms with Crippen LogP contribution in [0.3, 0.4) is 0 Å². The molecule has 8 atom stereocenters. The smallest absolute Gasteiger partial charge is 0.329 e. The molecule has 2 aliphatic rings. The van der Waals surface area contributed by atoms with E-state index in [-0.39, 0.29) is 47.8 Å². The molecule has 1 heterocycles. The Kier molecular flexibility index (Phi) is 16.7. The highest BCUT2D eigenvalue weighted by Gasteiger charge is 2.44. The maximum atomic E-state index is 13.7. The second-order valence-electron chi connectivity index (χ2n) is 13.7. The van der Waals surface area contributed by atoms with E-state index in [4.69, 9.17) is 14.2 Å². The van der Waals surface area contributed by atoms with Gasteiger partial charge >= 0.3 is 5.97 Å². The summed E-state index contributed by atoms with van der Waals surface area (Å²) in [5, 5.41) is 0. The van der Waals surface area contributed by atoms with Crippen LogP contribution >= 0.6 is 0 Å². The second kappa shape index (κ2) is 19.4. The minimum Gasteiger partial charge on any atom is -0.461 e. The van der Waals surface area contributed by atoms with Gasteiger partial charge in [0.1, 0.15) is 17.9 Å². The number of piperidine rings is 1. The predicted molar refractivity (Wildman–Crippen MR) is 178 cm³/mol. The zero-order valence-corrected chi connectivity index (χ0v) is 29.3. The molecule has 3 unspecified atom stereocenters. The lowest BCUT2D eigenvalue weighted by molar-refractivity contribution is -0.165. The molecule has 8 heteroatoms. The number of amides is 1. The molecule has 1 saturated carbocycles. The first kappa shape index (κ1) is 38.9. The molecule has 1 aliphatic heterocycles.